The van der Waals surface area contributed by atoms with Crippen molar-refractivity contribution in [3.63, 3.8) is 0 Å². The first kappa shape index (κ1) is 45.8. The van der Waals surface area contributed by atoms with Crippen molar-refractivity contribution in [1.29, 1.82) is 0 Å². The molecule has 0 bridgehead atoms. The van der Waals surface area contributed by atoms with E-state index in [1.807, 2.05) is 11.3 Å². The maximum Gasteiger partial charge on any atom is 0.264 e. The van der Waals surface area contributed by atoms with Crippen molar-refractivity contribution in [1.82, 2.24) is 0 Å². The van der Waals surface area contributed by atoms with Crippen LogP contribution in [0.3, 0.4) is 0 Å². The molecular weight excluding hydrogens is 878 g/mol. The fourth-order valence-corrected chi connectivity index (χ4v) is 13.8. The average Bonchev–Trinajstić information content (AvgIpc) is 3.74. The second kappa shape index (κ2) is 16.6. The topological polar surface area (TPSA) is 9.72 Å². The molecule has 0 saturated carbocycles. The van der Waals surface area contributed by atoms with E-state index in [9.17, 15) is 0 Å². The summed E-state index contributed by atoms with van der Waals surface area (Å²) in [5.74, 6) is 0. The summed E-state index contributed by atoms with van der Waals surface area (Å²) >= 11 is 2.04. The molecule has 5 heteroatoms. The number of fused-ring (bicyclic) bond motifs is 7. The second-order valence-electron chi connectivity index (χ2n) is 24.3. The quantitative estimate of drug-likeness (QED) is 0.154. The molecule has 356 valence electrons. The molecule has 0 amide bonds. The highest BCUT2D eigenvalue weighted by Crippen LogP contribution is 2.54. The van der Waals surface area contributed by atoms with Crippen molar-refractivity contribution < 1.29 is 0 Å². The van der Waals surface area contributed by atoms with E-state index in [2.05, 4.69) is 248 Å². The summed E-state index contributed by atoms with van der Waals surface area (Å²) in [6.45, 7) is 24.0. The van der Waals surface area contributed by atoms with Crippen LogP contribution in [0.25, 0.3) is 21.2 Å². The van der Waals surface area contributed by atoms with Gasteiger partial charge in [-0.05, 0) is 153 Å². The second-order valence-corrected chi connectivity index (χ2v) is 25.4. The number of para-hydroxylation sites is 1. The van der Waals surface area contributed by atoms with Gasteiger partial charge in [0.15, 0.2) is 0 Å². The third kappa shape index (κ3) is 7.60. The van der Waals surface area contributed by atoms with Gasteiger partial charge in [0.2, 0.25) is 0 Å². The maximum atomic E-state index is 2.70. The van der Waals surface area contributed by atoms with Crippen LogP contribution in [0.2, 0.25) is 0 Å². The first-order valence-corrected chi connectivity index (χ1v) is 27.1. The average molecular weight is 946 g/mol. The maximum absolute atomic E-state index is 2.70. The highest BCUT2D eigenvalue weighted by molar-refractivity contribution is 7.33. The van der Waals surface area contributed by atoms with Crippen molar-refractivity contribution in [3.8, 4) is 11.1 Å². The van der Waals surface area contributed by atoms with Gasteiger partial charge >= 0.3 is 0 Å². The molecule has 0 spiro atoms. The van der Waals surface area contributed by atoms with Crippen LogP contribution in [0, 0.1) is 0 Å². The Morgan fingerprint density at radius 3 is 2.01 bits per heavy atom. The SMILES string of the molecule is CC(C)(C)c1ccc(N2c3cc(N(C4=CCCC=C4)C4C=CC=CC4)cc4c3B(c3ccc(-c5ccccc5)cc3N4c3ccccc3C(C)(C)C)c3sc4cc5c(cc4c32)C(C)(C)CCC5(C)C)cc1. The van der Waals surface area contributed by atoms with Gasteiger partial charge in [0.25, 0.3) is 6.71 Å². The van der Waals surface area contributed by atoms with E-state index >= 15 is 0 Å². The minimum absolute atomic E-state index is 0.00206. The molecule has 1 unspecified atom stereocenters. The molecule has 0 saturated heterocycles. The van der Waals surface area contributed by atoms with Crippen LogP contribution in [0.1, 0.15) is 124 Å². The standard InChI is InChI=1S/C66H68BN3S/c1-63(2,3)45-31-33-48(34-32-45)69-57-39-49(68(46-24-16-12-17-25-46)47-26-18-13-19-27-47)40-58-60(57)67(62-61(69)50-41-52-53(42-59(50)71-62)66(9,10)37-36-65(52,7)8)54-35-30-44(43-22-14-11-15-23-43)38-56(54)70(58)55-29-21-20-28-51(55)64(4,5)6/h11-12,14-18,20-24,26-35,38-42,46H,13,19,25,36-37H2,1-10H3. The van der Waals surface area contributed by atoms with E-state index < -0.39 is 0 Å². The largest absolute Gasteiger partial charge is 0.334 e. The minimum Gasteiger partial charge on any atom is -0.334 e. The Bertz CT molecular complexity index is 3390. The molecule has 1 atom stereocenters. The first-order chi connectivity index (χ1) is 34.0. The van der Waals surface area contributed by atoms with E-state index in [0.717, 1.165) is 19.3 Å². The number of hydrogen-bond acceptors (Lipinski definition) is 4. The third-order valence-electron chi connectivity index (χ3n) is 16.5. The summed E-state index contributed by atoms with van der Waals surface area (Å²) in [4.78, 5) is 8.02. The summed E-state index contributed by atoms with van der Waals surface area (Å²) < 4.78 is 2.80. The number of rotatable bonds is 6. The van der Waals surface area contributed by atoms with Gasteiger partial charge < -0.3 is 14.7 Å². The van der Waals surface area contributed by atoms with Crippen molar-refractivity contribution in [2.24, 2.45) is 0 Å². The van der Waals surface area contributed by atoms with Gasteiger partial charge in [0, 0.05) is 54.7 Å². The predicted octanol–water partition coefficient (Wildman–Crippen LogP) is 16.5. The van der Waals surface area contributed by atoms with Crippen LogP contribution in [0.15, 0.2) is 170 Å². The lowest BCUT2D eigenvalue weighted by Crippen LogP contribution is -2.60. The molecule has 3 nitrogen and oxygen atoms in total. The van der Waals surface area contributed by atoms with Crippen LogP contribution in [-0.2, 0) is 21.7 Å². The molecule has 6 aromatic carbocycles. The number of nitrogens with zero attached hydrogens (tertiary/aromatic N) is 3. The van der Waals surface area contributed by atoms with Gasteiger partial charge in [0.05, 0.1) is 11.7 Å². The van der Waals surface area contributed by atoms with Gasteiger partial charge in [-0.2, -0.15) is 0 Å². The zero-order valence-electron chi connectivity index (χ0n) is 43.5. The van der Waals surface area contributed by atoms with E-state index in [-0.39, 0.29) is 34.4 Å². The Labute approximate surface area is 428 Å². The lowest BCUT2D eigenvalue weighted by atomic mass is 9.36. The molecule has 1 aromatic heterocycles. The zero-order valence-corrected chi connectivity index (χ0v) is 44.3. The van der Waals surface area contributed by atoms with Crippen molar-refractivity contribution in [3.05, 3.63) is 192 Å². The molecule has 12 rings (SSSR count). The number of anilines is 7. The van der Waals surface area contributed by atoms with Crippen molar-refractivity contribution in [2.45, 2.75) is 129 Å². The summed E-state index contributed by atoms with van der Waals surface area (Å²) in [5, 5.41) is 1.37. The summed E-state index contributed by atoms with van der Waals surface area (Å²) in [6, 6.07) is 47.7. The number of hydrogen-bond donors (Lipinski definition) is 0. The molecule has 2 aliphatic heterocycles. The summed E-state index contributed by atoms with van der Waals surface area (Å²) in [6.07, 6.45) is 21.8. The van der Waals surface area contributed by atoms with Gasteiger partial charge in [-0.1, -0.05) is 178 Å². The number of allylic oxidation sites excluding steroid dienone is 5. The molecule has 3 aliphatic carbocycles. The van der Waals surface area contributed by atoms with Crippen LogP contribution < -0.4 is 30.4 Å². The Kier molecular flexibility index (Phi) is 10.7. The third-order valence-corrected chi connectivity index (χ3v) is 17.7. The Hall–Kier alpha value is -6.30. The minimum atomic E-state index is -0.120. The molecular formula is C66H68BN3S. The molecule has 0 fully saturated rings. The van der Waals surface area contributed by atoms with Crippen LogP contribution >= 0.6 is 11.3 Å². The normalized spacial score (nSPS) is 18.5. The van der Waals surface area contributed by atoms with Crippen molar-refractivity contribution >= 4 is 83.6 Å². The fourth-order valence-electron chi connectivity index (χ4n) is 12.5. The lowest BCUT2D eigenvalue weighted by molar-refractivity contribution is 0.332. The van der Waals surface area contributed by atoms with E-state index in [0.29, 0.717) is 0 Å². The van der Waals surface area contributed by atoms with E-state index in [1.165, 1.54) is 118 Å². The molecule has 0 radical (unpaired) electrons. The highest BCUT2D eigenvalue weighted by Gasteiger charge is 2.48. The zero-order chi connectivity index (χ0) is 49.2. The van der Waals surface area contributed by atoms with Crippen LogP contribution in [-0.4, -0.2) is 12.8 Å². The summed E-state index contributed by atoms with van der Waals surface area (Å²) in [7, 11) is 0. The van der Waals surface area contributed by atoms with Crippen LogP contribution in [0.4, 0.5) is 39.8 Å². The Balaban J connectivity index is 1.24. The first-order valence-electron chi connectivity index (χ1n) is 26.3. The molecule has 7 aromatic rings. The molecule has 5 aliphatic rings. The van der Waals surface area contributed by atoms with E-state index in [4.69, 9.17) is 0 Å². The van der Waals surface area contributed by atoms with Gasteiger partial charge in [0.1, 0.15) is 0 Å². The van der Waals surface area contributed by atoms with Gasteiger partial charge in [-0.25, -0.2) is 0 Å². The van der Waals surface area contributed by atoms with Gasteiger partial charge in [-0.3, -0.25) is 0 Å². The molecule has 3 heterocycles. The Morgan fingerprint density at radius 2 is 1.34 bits per heavy atom. The number of benzene rings is 6. The smallest absolute Gasteiger partial charge is 0.264 e. The predicted molar refractivity (Wildman–Crippen MR) is 310 cm³/mol. The molecule has 71 heavy (non-hydrogen) atoms. The van der Waals surface area contributed by atoms with Crippen LogP contribution in [0.5, 0.6) is 0 Å². The fraction of sp³-hybridized carbons (Fsp3) is 0.303. The summed E-state index contributed by atoms with van der Waals surface area (Å²) in [5.41, 5.74) is 20.9. The lowest BCUT2D eigenvalue weighted by Gasteiger charge is -2.45. The van der Waals surface area contributed by atoms with Gasteiger partial charge in [-0.15, -0.1) is 11.3 Å². The van der Waals surface area contributed by atoms with Crippen molar-refractivity contribution in [2.75, 3.05) is 14.7 Å². The Morgan fingerprint density at radius 1 is 0.634 bits per heavy atom. The monoisotopic (exact) mass is 946 g/mol. The molecule has 0 N–H and O–H groups in total. The highest BCUT2D eigenvalue weighted by atomic mass is 32.1. The van der Waals surface area contributed by atoms with E-state index in [1.54, 1.807) is 0 Å². The number of thiophene rings is 1.